The molecule has 79 heavy (non-hydrogen) atoms. The van der Waals surface area contributed by atoms with Crippen LogP contribution >= 0.6 is 0 Å². The van der Waals surface area contributed by atoms with E-state index in [0.717, 1.165) is 40.2 Å². The van der Waals surface area contributed by atoms with Gasteiger partial charge in [-0.15, -0.1) is 20.4 Å². The van der Waals surface area contributed by atoms with Crippen LogP contribution in [0.4, 0.5) is 13.2 Å². The first-order valence-corrected chi connectivity index (χ1v) is 29.7. The summed E-state index contributed by atoms with van der Waals surface area (Å²) in [6.45, 7) is 0.591. The van der Waals surface area contributed by atoms with Crippen LogP contribution in [0.15, 0.2) is 117 Å². The number of H-pyrrole nitrogens is 2. The van der Waals surface area contributed by atoms with Gasteiger partial charge in [-0.1, -0.05) is 48.5 Å². The number of ether oxygens (including phenoxy) is 1. The first-order valence-electron chi connectivity index (χ1n) is 23.5. The molecule has 4 aromatic heterocycles. The highest BCUT2D eigenvalue weighted by Gasteiger charge is 2.43. The molecule has 9 aromatic rings. The smallest absolute Gasteiger partial charge is 0.454 e. The van der Waals surface area contributed by atoms with Crippen molar-refractivity contribution in [1.29, 1.82) is 0 Å². The van der Waals surface area contributed by atoms with Crippen molar-refractivity contribution < 1.29 is 56.4 Å². The summed E-state index contributed by atoms with van der Waals surface area (Å²) in [7, 11) is -12.6. The van der Waals surface area contributed by atoms with Crippen molar-refractivity contribution >= 4 is 67.3 Å². The van der Waals surface area contributed by atoms with Crippen molar-refractivity contribution in [2.45, 2.75) is 42.7 Å². The monoisotopic (exact) mass is 1160 g/mol. The number of hydrogen-bond acceptors (Lipinski definition) is 18. The van der Waals surface area contributed by atoms with E-state index in [1.54, 1.807) is 13.2 Å². The minimum absolute atomic E-state index is 0.00495. The maximum absolute atomic E-state index is 13.5. The van der Waals surface area contributed by atoms with Crippen molar-refractivity contribution in [3.63, 3.8) is 0 Å². The number of carbonyl (C=O) groups is 1. The van der Waals surface area contributed by atoms with Crippen molar-refractivity contribution in [2.75, 3.05) is 33.3 Å². The van der Waals surface area contributed by atoms with Crippen molar-refractivity contribution in [3.8, 4) is 50.8 Å². The molecule has 2 aliphatic heterocycles. The molecule has 0 amide bonds. The lowest BCUT2D eigenvalue weighted by Gasteiger charge is -2.28. The lowest BCUT2D eigenvalue weighted by molar-refractivity contribution is -0.0884. The van der Waals surface area contributed by atoms with E-state index < -0.39 is 88.0 Å². The third-order valence-corrected chi connectivity index (χ3v) is 20.3. The molecule has 0 aliphatic carbocycles. The molecule has 0 unspecified atom stereocenters. The van der Waals surface area contributed by atoms with Crippen molar-refractivity contribution in [2.24, 2.45) is 24.4 Å². The Bertz CT molecular complexity index is 4360. The molecule has 8 N–H and O–H groups in total. The van der Waals surface area contributed by atoms with Crippen LogP contribution in [0, 0.1) is 0 Å². The van der Waals surface area contributed by atoms with Gasteiger partial charge in [0.2, 0.25) is 31.7 Å². The molecule has 2 aliphatic rings. The molecule has 412 valence electrons. The number of alkyl halides is 3. The third kappa shape index (κ3) is 9.84. The number of tetrazole rings is 2. The van der Waals surface area contributed by atoms with Gasteiger partial charge in [0, 0.05) is 80.4 Å². The Balaban J connectivity index is 0.000000179. The first-order chi connectivity index (χ1) is 37.3. The summed E-state index contributed by atoms with van der Waals surface area (Å²) >= 11 is 0. The number of nitrogens with zero attached hydrogens (tertiary/aromatic N) is 8. The number of fused-ring (bicyclic) bond motifs is 2. The summed E-state index contributed by atoms with van der Waals surface area (Å²) in [5, 5.41) is 43.1. The topological polar surface area (TPSA) is 358 Å². The molecule has 0 spiro atoms. The van der Waals surface area contributed by atoms with E-state index in [-0.39, 0.29) is 70.3 Å². The summed E-state index contributed by atoms with van der Waals surface area (Å²) in [6.07, 6.45) is -3.54. The second kappa shape index (κ2) is 20.1. The van der Waals surface area contributed by atoms with Gasteiger partial charge in [-0.05, 0) is 80.7 Å². The van der Waals surface area contributed by atoms with E-state index >= 15 is 0 Å². The number of sulfonamides is 2. The Morgan fingerprint density at radius 3 is 1.61 bits per heavy atom. The predicted molar refractivity (Wildman–Crippen MR) is 280 cm³/mol. The molecule has 0 atom stereocenters. The summed E-state index contributed by atoms with van der Waals surface area (Å²) in [4.78, 5) is 9.97. The van der Waals surface area contributed by atoms with E-state index in [1.807, 2.05) is 55.6 Å². The highest BCUT2D eigenvalue weighted by atomic mass is 32.2. The van der Waals surface area contributed by atoms with Crippen LogP contribution in [-0.2, 0) is 60.2 Å². The standard InChI is InChI=1S/C27H27N7O5S2.C21H18F3N7O5S2/c1-34-17(12-16-6-8-18(39-2)9-7-16)13-22-20(4-3-5-23(22)34)21-10-11-24(40(35,36)19-14-29-15-19)26(41(28,37)38)25(21)27-30-32-33-31-27;1-31-9-13(19(32)21(22,23)24)16-11(3-2-4-14(16)31)12-5-6-15(37(33,34)10-7-26-8-10)18(38(25,35)36)17(12)20-27-29-30-28-20/h3-11,13,19,29H,12,14-15H2,1-2H3,(H2,28,37,38)(H,30,31,32,33);2-6,9-10,26H,7-8H2,1H3,(H2,25,35,36)(H,27,28,29,30). The Morgan fingerprint density at radius 2 is 1.16 bits per heavy atom. The van der Waals surface area contributed by atoms with Crippen LogP contribution in [0.3, 0.4) is 0 Å². The number of rotatable bonds is 14. The van der Waals surface area contributed by atoms with Crippen LogP contribution in [0.2, 0.25) is 0 Å². The molecule has 2 saturated heterocycles. The van der Waals surface area contributed by atoms with Gasteiger partial charge in [0.15, 0.2) is 19.7 Å². The minimum atomic E-state index is -5.20. The van der Waals surface area contributed by atoms with E-state index in [1.165, 1.54) is 41.9 Å². The lowest BCUT2D eigenvalue weighted by atomic mass is 9.93. The van der Waals surface area contributed by atoms with E-state index in [4.69, 9.17) is 15.0 Å². The lowest BCUT2D eigenvalue weighted by Crippen LogP contribution is -2.51. The molecular formula is C48H45F3N14O10S4. The van der Waals surface area contributed by atoms with E-state index in [2.05, 4.69) is 56.4 Å². The first kappa shape index (κ1) is 54.6. The van der Waals surface area contributed by atoms with Crippen LogP contribution < -0.4 is 25.6 Å². The maximum atomic E-state index is 13.5. The number of carbonyl (C=O) groups excluding carboxylic acids is 1. The summed E-state index contributed by atoms with van der Waals surface area (Å²) < 4.78 is 155. The van der Waals surface area contributed by atoms with Gasteiger partial charge in [-0.3, -0.25) is 4.79 Å². The van der Waals surface area contributed by atoms with Gasteiger partial charge in [0.1, 0.15) is 15.5 Å². The van der Waals surface area contributed by atoms with Gasteiger partial charge in [-0.25, -0.2) is 43.9 Å². The molecule has 2 fully saturated rings. The molecule has 11 rings (SSSR count). The second-order valence-corrected chi connectivity index (χ2v) is 25.9. The van der Waals surface area contributed by atoms with Gasteiger partial charge in [0.05, 0.1) is 44.1 Å². The molecular weight excluding hydrogens is 1120 g/mol. The quantitative estimate of drug-likeness (QED) is 0.0851. The average Bonchev–Trinajstić information content (AvgIpc) is 4.32. The number of aromatic amines is 2. The number of aromatic nitrogens is 10. The van der Waals surface area contributed by atoms with Gasteiger partial charge in [0.25, 0.3) is 5.78 Å². The molecule has 31 heteroatoms. The number of sulfone groups is 2. The highest BCUT2D eigenvalue weighted by Crippen LogP contribution is 2.45. The summed E-state index contributed by atoms with van der Waals surface area (Å²) in [6, 6.07) is 25.0. The fraction of sp³-hybridized carbons (Fsp3) is 0.229. The van der Waals surface area contributed by atoms with Crippen LogP contribution in [0.5, 0.6) is 5.75 Å². The van der Waals surface area contributed by atoms with Crippen molar-refractivity contribution in [1.82, 2.24) is 61.0 Å². The number of ketones is 1. The largest absolute Gasteiger partial charge is 0.497 e. The number of Topliss-reactive ketones (excluding diaryl/α,β-unsaturated/α-hetero) is 1. The molecule has 0 saturated carbocycles. The Labute approximate surface area is 447 Å². The summed E-state index contributed by atoms with van der Waals surface area (Å²) in [5.74, 6) is -1.80. The predicted octanol–water partition coefficient (Wildman–Crippen LogP) is 3.18. The zero-order chi connectivity index (χ0) is 56.6. The number of methoxy groups -OCH3 is 1. The van der Waals surface area contributed by atoms with E-state index in [9.17, 15) is 51.6 Å². The van der Waals surface area contributed by atoms with Crippen molar-refractivity contribution in [3.05, 3.63) is 114 Å². The fourth-order valence-corrected chi connectivity index (χ4v) is 16.0. The third-order valence-electron chi connectivity index (χ3n) is 13.8. The minimum Gasteiger partial charge on any atom is -0.497 e. The number of aryl methyl sites for hydroxylation is 2. The zero-order valence-electron chi connectivity index (χ0n) is 41.5. The van der Waals surface area contributed by atoms with Crippen LogP contribution in [0.1, 0.15) is 21.6 Å². The number of nitrogens with one attached hydrogen (secondary N) is 4. The normalized spacial score (nSPS) is 14.7. The molecule has 24 nitrogen and oxygen atoms in total. The SMILES string of the molecule is COc1ccc(Cc2cc3c(-c4ccc(S(=O)(=O)C5CNC5)c(S(N)(=O)=O)c4-c4nn[nH]n4)cccc3n2C)cc1.Cn1cc(C(=O)C(F)(F)F)c2c(-c3ccc(S(=O)(=O)C4CNC4)c(S(N)(=O)=O)c3-c3nn[nH]n3)cccc21. The van der Waals surface area contributed by atoms with Gasteiger partial charge < -0.3 is 24.5 Å². The molecule has 5 aromatic carbocycles. The molecule has 0 bridgehead atoms. The molecule has 0 radical (unpaired) electrons. The number of nitrogens with two attached hydrogens (primary N) is 2. The number of hydrogen-bond donors (Lipinski definition) is 6. The Kier molecular flexibility index (Phi) is 13.9. The number of primary sulfonamides is 2. The summed E-state index contributed by atoms with van der Waals surface area (Å²) in [5.41, 5.74) is 3.13. The maximum Gasteiger partial charge on any atom is 0.454 e. The van der Waals surface area contributed by atoms with Crippen LogP contribution in [0.25, 0.3) is 66.8 Å². The van der Waals surface area contributed by atoms with E-state index in [0.29, 0.717) is 17.5 Å². The fourth-order valence-electron chi connectivity index (χ4n) is 9.66. The second-order valence-electron chi connectivity index (χ2n) is 18.5. The Hall–Kier alpha value is -7.78. The zero-order valence-corrected chi connectivity index (χ0v) is 44.8. The van der Waals surface area contributed by atoms with Crippen LogP contribution in [-0.4, -0.2) is 140 Å². The van der Waals surface area contributed by atoms with Gasteiger partial charge >= 0.3 is 6.18 Å². The Morgan fingerprint density at radius 1 is 0.671 bits per heavy atom. The molecule has 6 heterocycles. The van der Waals surface area contributed by atoms with Gasteiger partial charge in [-0.2, -0.15) is 23.6 Å². The average molecular weight is 1160 g/mol. The highest BCUT2D eigenvalue weighted by molar-refractivity contribution is 7.94. The number of halogens is 3. The number of benzene rings is 5.